The molecule has 21 heavy (non-hydrogen) atoms. The zero-order valence-corrected chi connectivity index (χ0v) is 12.9. The number of ether oxygens (including phenoxy) is 3. The summed E-state index contributed by atoms with van der Waals surface area (Å²) in [5.74, 6) is 0.884. The van der Waals surface area contributed by atoms with Gasteiger partial charge in [0.05, 0.1) is 25.4 Å². The normalized spacial score (nSPS) is 22.2. The van der Waals surface area contributed by atoms with Crippen molar-refractivity contribution >= 4 is 0 Å². The molecule has 4 nitrogen and oxygen atoms in total. The maximum absolute atomic E-state index is 5.92. The van der Waals surface area contributed by atoms with Gasteiger partial charge in [-0.15, -0.1) is 0 Å². The number of hydrogen-bond donors (Lipinski definition) is 1. The van der Waals surface area contributed by atoms with E-state index < -0.39 is 0 Å². The Morgan fingerprint density at radius 1 is 1.19 bits per heavy atom. The van der Waals surface area contributed by atoms with E-state index in [1.165, 1.54) is 6.42 Å². The van der Waals surface area contributed by atoms with Crippen molar-refractivity contribution in [3.8, 4) is 5.75 Å². The molecule has 2 unspecified atom stereocenters. The summed E-state index contributed by atoms with van der Waals surface area (Å²) >= 11 is 0. The van der Waals surface area contributed by atoms with Crippen molar-refractivity contribution in [1.82, 2.24) is 0 Å². The van der Waals surface area contributed by atoms with E-state index in [0.29, 0.717) is 25.4 Å². The highest BCUT2D eigenvalue weighted by molar-refractivity contribution is 5.28. The van der Waals surface area contributed by atoms with E-state index in [0.717, 1.165) is 43.6 Å². The number of methoxy groups -OCH3 is 1. The van der Waals surface area contributed by atoms with E-state index in [2.05, 4.69) is 0 Å². The number of rotatable bonds is 8. The quantitative estimate of drug-likeness (QED) is 0.749. The van der Waals surface area contributed by atoms with Crippen LogP contribution in [0.1, 0.15) is 37.7 Å². The lowest BCUT2D eigenvalue weighted by atomic mass is 9.95. The summed E-state index contributed by atoms with van der Waals surface area (Å²) in [4.78, 5) is 0. The Morgan fingerprint density at radius 3 is 2.86 bits per heavy atom. The summed E-state index contributed by atoms with van der Waals surface area (Å²) in [5.41, 5.74) is 6.71. The van der Waals surface area contributed by atoms with Crippen LogP contribution in [0, 0.1) is 0 Å². The molecule has 1 aromatic carbocycles. The van der Waals surface area contributed by atoms with Gasteiger partial charge in [0.25, 0.3) is 0 Å². The summed E-state index contributed by atoms with van der Waals surface area (Å²) < 4.78 is 17.1. The van der Waals surface area contributed by atoms with E-state index in [4.69, 9.17) is 19.9 Å². The first-order valence-corrected chi connectivity index (χ1v) is 7.88. The lowest BCUT2D eigenvalue weighted by molar-refractivity contribution is -0.0317. The molecule has 2 N–H and O–H groups in total. The molecule has 1 aliphatic carbocycles. The maximum atomic E-state index is 5.92. The van der Waals surface area contributed by atoms with E-state index in [9.17, 15) is 0 Å². The second-order valence-electron chi connectivity index (χ2n) is 5.57. The van der Waals surface area contributed by atoms with Crippen LogP contribution in [0.3, 0.4) is 0 Å². The third kappa shape index (κ3) is 5.65. The van der Waals surface area contributed by atoms with Gasteiger partial charge in [-0.2, -0.15) is 0 Å². The average molecular weight is 293 g/mol. The third-order valence-corrected chi connectivity index (χ3v) is 3.96. The van der Waals surface area contributed by atoms with Crippen molar-refractivity contribution < 1.29 is 14.2 Å². The van der Waals surface area contributed by atoms with Gasteiger partial charge in [0.2, 0.25) is 0 Å². The second kappa shape index (κ2) is 9.03. The highest BCUT2D eigenvalue weighted by Gasteiger charge is 2.21. The Bertz CT molecular complexity index is 411. The van der Waals surface area contributed by atoms with Crippen LogP contribution < -0.4 is 10.5 Å². The minimum atomic E-state index is 0.351. The highest BCUT2D eigenvalue weighted by atomic mass is 16.5. The molecule has 2 rings (SSSR count). The van der Waals surface area contributed by atoms with Crippen LogP contribution >= 0.6 is 0 Å². The maximum Gasteiger partial charge on any atom is 0.119 e. The molecule has 0 bridgehead atoms. The fraction of sp³-hybridized carbons (Fsp3) is 0.647. The lowest BCUT2D eigenvalue weighted by Gasteiger charge is -2.28. The fourth-order valence-corrected chi connectivity index (χ4v) is 2.73. The van der Waals surface area contributed by atoms with Gasteiger partial charge in [-0.25, -0.2) is 0 Å². The smallest absolute Gasteiger partial charge is 0.119 e. The Morgan fingerprint density at radius 2 is 2.05 bits per heavy atom. The second-order valence-corrected chi connectivity index (χ2v) is 5.57. The van der Waals surface area contributed by atoms with Crippen molar-refractivity contribution in [2.45, 2.75) is 50.9 Å². The molecule has 2 atom stereocenters. The van der Waals surface area contributed by atoms with Gasteiger partial charge in [-0.05, 0) is 43.4 Å². The van der Waals surface area contributed by atoms with Gasteiger partial charge < -0.3 is 19.9 Å². The van der Waals surface area contributed by atoms with Gasteiger partial charge >= 0.3 is 0 Å². The van der Waals surface area contributed by atoms with Crippen LogP contribution in [0.5, 0.6) is 5.75 Å². The van der Waals surface area contributed by atoms with E-state index in [1.807, 2.05) is 24.3 Å². The summed E-state index contributed by atoms with van der Waals surface area (Å²) in [6, 6.07) is 7.93. The SMILES string of the molecule is COC1CCCC(OCCCOc2cccc(CN)c2)C1. The molecule has 118 valence electrons. The number of hydrogen-bond acceptors (Lipinski definition) is 4. The average Bonchev–Trinajstić information content (AvgIpc) is 2.55. The molecule has 4 heteroatoms. The molecule has 0 spiro atoms. The topological polar surface area (TPSA) is 53.7 Å². The van der Waals surface area contributed by atoms with Crippen LogP contribution in [0.15, 0.2) is 24.3 Å². The lowest BCUT2D eigenvalue weighted by Crippen LogP contribution is -2.28. The predicted molar refractivity (Wildman–Crippen MR) is 83.5 cm³/mol. The van der Waals surface area contributed by atoms with Crippen LogP contribution in [0.25, 0.3) is 0 Å². The van der Waals surface area contributed by atoms with Gasteiger partial charge in [-0.1, -0.05) is 12.1 Å². The van der Waals surface area contributed by atoms with Gasteiger partial charge in [0.15, 0.2) is 0 Å². The Balaban J connectivity index is 1.59. The van der Waals surface area contributed by atoms with E-state index in [1.54, 1.807) is 7.11 Å². The molecule has 1 aliphatic rings. The Labute approximate surface area is 127 Å². The summed E-state index contributed by atoms with van der Waals surface area (Å²) in [7, 11) is 1.79. The molecule has 0 aromatic heterocycles. The van der Waals surface area contributed by atoms with Crippen LogP contribution in [-0.4, -0.2) is 32.5 Å². The van der Waals surface area contributed by atoms with Gasteiger partial charge in [-0.3, -0.25) is 0 Å². The van der Waals surface area contributed by atoms with Crippen LogP contribution in [0.4, 0.5) is 0 Å². The molecule has 0 saturated heterocycles. The first-order chi connectivity index (χ1) is 10.3. The Kier molecular flexibility index (Phi) is 7.00. The highest BCUT2D eigenvalue weighted by Crippen LogP contribution is 2.23. The summed E-state index contributed by atoms with van der Waals surface area (Å²) in [5, 5.41) is 0. The third-order valence-electron chi connectivity index (χ3n) is 3.96. The molecule has 0 amide bonds. The molecular formula is C17H27NO3. The van der Waals surface area contributed by atoms with E-state index in [-0.39, 0.29) is 0 Å². The molecule has 1 aromatic rings. The molecule has 0 radical (unpaired) electrons. The number of benzene rings is 1. The first kappa shape index (κ1) is 16.3. The van der Waals surface area contributed by atoms with Gasteiger partial charge in [0.1, 0.15) is 5.75 Å². The van der Waals surface area contributed by atoms with E-state index >= 15 is 0 Å². The summed E-state index contributed by atoms with van der Waals surface area (Å²) in [6.07, 6.45) is 6.17. The van der Waals surface area contributed by atoms with Crippen molar-refractivity contribution in [2.75, 3.05) is 20.3 Å². The standard InChI is InChI=1S/C17H27NO3/c1-19-15-6-3-8-17(12-15)21-10-4-9-20-16-7-2-5-14(11-16)13-18/h2,5,7,11,15,17H,3-4,6,8-10,12-13,18H2,1H3. The molecule has 1 fully saturated rings. The fourth-order valence-electron chi connectivity index (χ4n) is 2.73. The minimum Gasteiger partial charge on any atom is -0.493 e. The zero-order chi connectivity index (χ0) is 14.9. The largest absolute Gasteiger partial charge is 0.493 e. The summed E-state index contributed by atoms with van der Waals surface area (Å²) in [6.45, 7) is 1.97. The monoisotopic (exact) mass is 293 g/mol. The van der Waals surface area contributed by atoms with Crippen molar-refractivity contribution in [1.29, 1.82) is 0 Å². The van der Waals surface area contributed by atoms with Gasteiger partial charge in [0, 0.05) is 20.1 Å². The van der Waals surface area contributed by atoms with Crippen molar-refractivity contribution in [3.05, 3.63) is 29.8 Å². The molecule has 1 saturated carbocycles. The van der Waals surface area contributed by atoms with Crippen molar-refractivity contribution in [2.24, 2.45) is 5.73 Å². The predicted octanol–water partition coefficient (Wildman–Crippen LogP) is 2.89. The molecular weight excluding hydrogens is 266 g/mol. The number of nitrogens with two attached hydrogens (primary N) is 1. The zero-order valence-electron chi connectivity index (χ0n) is 12.9. The molecule has 0 heterocycles. The minimum absolute atomic E-state index is 0.351. The Hall–Kier alpha value is -1.10. The van der Waals surface area contributed by atoms with Crippen molar-refractivity contribution in [3.63, 3.8) is 0 Å². The first-order valence-electron chi connectivity index (χ1n) is 7.88. The molecule has 0 aliphatic heterocycles. The van der Waals surface area contributed by atoms with Crippen LogP contribution in [-0.2, 0) is 16.0 Å². The van der Waals surface area contributed by atoms with Crippen LogP contribution in [0.2, 0.25) is 0 Å².